The molecule has 254 valence electrons. The minimum absolute atomic E-state index is 0.147. The average Bonchev–Trinajstić information content (AvgIpc) is 2.96. The quantitative estimate of drug-likeness (QED) is 0.205. The van der Waals surface area contributed by atoms with Crippen LogP contribution in [-0.4, -0.2) is 75.7 Å². The molecule has 0 aromatic heterocycles. The Bertz CT molecular complexity index is 1290. The number of hydrogen-bond acceptors (Lipinski definition) is 8. The van der Waals surface area contributed by atoms with Crippen LogP contribution in [0.4, 0.5) is 4.79 Å². The third kappa shape index (κ3) is 12.9. The molecular weight excluding hydrogens is 606 g/mol. The topological polar surface area (TPSA) is 134 Å². The fourth-order valence-electron chi connectivity index (χ4n) is 4.67. The van der Waals surface area contributed by atoms with Crippen LogP contribution in [0.5, 0.6) is 5.75 Å². The number of thioether (sulfide) groups is 1. The molecule has 11 heteroatoms. The van der Waals surface area contributed by atoms with Gasteiger partial charge in [-0.2, -0.15) is 11.8 Å². The van der Waals surface area contributed by atoms with E-state index in [-0.39, 0.29) is 30.7 Å². The summed E-state index contributed by atoms with van der Waals surface area (Å²) in [7, 11) is 0. The molecule has 0 radical (unpaired) electrons. The number of carbonyl (C=O) groups is 4. The Balaban J connectivity index is 2.60. The van der Waals surface area contributed by atoms with Gasteiger partial charge in [0, 0.05) is 18.5 Å². The lowest BCUT2D eigenvalue weighted by molar-refractivity contribution is -0.159. The molecule has 3 atom stereocenters. The maximum atomic E-state index is 14.4. The second kappa shape index (κ2) is 17.8. The number of para-hydroxylation sites is 1. The average molecular weight is 658 g/mol. The van der Waals surface area contributed by atoms with E-state index in [0.717, 1.165) is 5.56 Å². The molecule has 0 fully saturated rings. The second-order valence-electron chi connectivity index (χ2n) is 13.1. The van der Waals surface area contributed by atoms with Crippen molar-refractivity contribution >= 4 is 35.6 Å². The smallest absolute Gasteiger partial charge is 0.408 e. The number of alkyl carbamates (subject to hydrolysis) is 1. The van der Waals surface area contributed by atoms with Crippen LogP contribution in [0.25, 0.3) is 0 Å². The predicted octanol–water partition coefficient (Wildman–Crippen LogP) is 5.78. The lowest BCUT2D eigenvalue weighted by Gasteiger charge is -2.35. The number of nitrogens with zero attached hydrogens (tertiary/aromatic N) is 1. The summed E-state index contributed by atoms with van der Waals surface area (Å²) in [5.41, 5.74) is -0.606. The van der Waals surface area contributed by atoms with Crippen molar-refractivity contribution in [2.75, 3.05) is 18.6 Å². The lowest BCUT2D eigenvalue weighted by atomic mass is 9.99. The zero-order valence-electron chi connectivity index (χ0n) is 28.4. The normalized spacial score (nSPS) is 13.6. The number of aromatic hydroxyl groups is 1. The highest BCUT2D eigenvalue weighted by atomic mass is 32.2. The zero-order valence-corrected chi connectivity index (χ0v) is 29.2. The Morgan fingerprint density at radius 2 is 1.48 bits per heavy atom. The van der Waals surface area contributed by atoms with Crippen LogP contribution in [0, 0.1) is 0 Å². The molecule has 2 aromatic rings. The predicted molar refractivity (Wildman–Crippen MR) is 182 cm³/mol. The number of hydrogen-bond donors (Lipinski definition) is 3. The van der Waals surface area contributed by atoms with E-state index in [9.17, 15) is 24.3 Å². The monoisotopic (exact) mass is 657 g/mol. The second-order valence-corrected chi connectivity index (χ2v) is 14.1. The van der Waals surface area contributed by atoms with Gasteiger partial charge in [-0.25, -0.2) is 9.59 Å². The van der Waals surface area contributed by atoms with E-state index in [2.05, 4.69) is 10.6 Å². The van der Waals surface area contributed by atoms with Gasteiger partial charge in [0.05, 0.1) is 0 Å². The van der Waals surface area contributed by atoms with Gasteiger partial charge in [-0.15, -0.1) is 0 Å². The first-order valence-electron chi connectivity index (χ1n) is 15.7. The number of phenolic OH excluding ortho intramolecular Hbond substituents is 1. The van der Waals surface area contributed by atoms with E-state index >= 15 is 0 Å². The summed E-state index contributed by atoms with van der Waals surface area (Å²) in [6, 6.07) is 12.1. The highest BCUT2D eigenvalue weighted by molar-refractivity contribution is 7.98. The largest absolute Gasteiger partial charge is 0.508 e. The Labute approximate surface area is 278 Å². The van der Waals surface area contributed by atoms with Crippen LogP contribution < -0.4 is 10.6 Å². The Morgan fingerprint density at radius 1 is 0.870 bits per heavy atom. The molecular formula is C35H51N3O7S. The number of benzene rings is 2. The van der Waals surface area contributed by atoms with Gasteiger partial charge in [-0.1, -0.05) is 61.9 Å². The maximum absolute atomic E-state index is 14.4. The summed E-state index contributed by atoms with van der Waals surface area (Å²) in [5, 5.41) is 16.5. The summed E-state index contributed by atoms with van der Waals surface area (Å²) < 4.78 is 11.1. The summed E-state index contributed by atoms with van der Waals surface area (Å²) in [4.78, 5) is 56.4. The van der Waals surface area contributed by atoms with Gasteiger partial charge < -0.3 is 30.1 Å². The third-order valence-electron chi connectivity index (χ3n) is 6.72. The van der Waals surface area contributed by atoms with E-state index in [1.54, 1.807) is 59.7 Å². The van der Waals surface area contributed by atoms with Gasteiger partial charge in [0.1, 0.15) is 35.1 Å². The summed E-state index contributed by atoms with van der Waals surface area (Å²) in [6.07, 6.45) is 2.83. The standard InChI is InChI=1S/C35H51N3O7S/c1-9-10-21-38(31(41)26(20-22-46-8)37-33(43)45-35(5,6)7)29(25-18-14-15-19-28(25)39)30(40)36-27(32(42)44-34(2,3)4)23-24-16-12-11-13-17-24/h11-19,26-27,29,39H,9-10,20-23H2,1-8H3,(H,36,40)(H,37,43). The molecule has 0 aliphatic rings. The Morgan fingerprint density at radius 3 is 2.04 bits per heavy atom. The van der Waals surface area contributed by atoms with Crippen molar-refractivity contribution in [2.45, 2.75) is 103 Å². The highest BCUT2D eigenvalue weighted by Gasteiger charge is 2.39. The van der Waals surface area contributed by atoms with Crippen molar-refractivity contribution in [1.29, 1.82) is 0 Å². The number of unbranched alkanes of at least 4 members (excludes halogenated alkanes) is 1. The molecule has 0 bridgehead atoms. The van der Waals surface area contributed by atoms with Gasteiger partial charge in [0.25, 0.3) is 0 Å². The van der Waals surface area contributed by atoms with Crippen LogP contribution >= 0.6 is 11.8 Å². The number of rotatable bonds is 15. The highest BCUT2D eigenvalue weighted by Crippen LogP contribution is 2.31. The third-order valence-corrected chi connectivity index (χ3v) is 7.36. The first kappa shape index (κ1) is 38.5. The molecule has 2 rings (SSSR count). The van der Waals surface area contributed by atoms with Crippen molar-refractivity contribution in [2.24, 2.45) is 0 Å². The number of nitrogens with one attached hydrogen (secondary N) is 2. The fraction of sp³-hybridized carbons (Fsp3) is 0.543. The summed E-state index contributed by atoms with van der Waals surface area (Å²) >= 11 is 1.51. The van der Waals surface area contributed by atoms with Gasteiger partial charge in [0.2, 0.25) is 11.8 Å². The Hall–Kier alpha value is -3.73. The van der Waals surface area contributed by atoms with Crippen LogP contribution in [0.1, 0.15) is 84.9 Å². The number of phenols is 1. The lowest BCUT2D eigenvalue weighted by Crippen LogP contribution is -2.55. The van der Waals surface area contributed by atoms with E-state index in [1.165, 1.54) is 22.7 Å². The number of ether oxygens (including phenoxy) is 2. The SMILES string of the molecule is CCCCN(C(=O)C(CCSC)NC(=O)OC(C)(C)C)C(C(=O)NC(Cc1ccccc1)C(=O)OC(C)(C)C)c1ccccc1O. The van der Waals surface area contributed by atoms with E-state index in [4.69, 9.17) is 9.47 Å². The molecule has 0 aliphatic heterocycles. The van der Waals surface area contributed by atoms with Gasteiger partial charge in [0.15, 0.2) is 0 Å². The molecule has 3 unspecified atom stereocenters. The Kier molecular flexibility index (Phi) is 14.9. The van der Waals surface area contributed by atoms with Crippen molar-refractivity contribution in [3.05, 3.63) is 65.7 Å². The molecule has 10 nitrogen and oxygen atoms in total. The molecule has 2 aromatic carbocycles. The minimum atomic E-state index is -1.32. The molecule has 0 spiro atoms. The van der Waals surface area contributed by atoms with E-state index in [1.807, 2.05) is 43.5 Å². The molecule has 0 saturated heterocycles. The van der Waals surface area contributed by atoms with Crippen LogP contribution in [0.3, 0.4) is 0 Å². The molecule has 0 saturated carbocycles. The van der Waals surface area contributed by atoms with Gasteiger partial charge in [-0.3, -0.25) is 9.59 Å². The van der Waals surface area contributed by atoms with Crippen molar-refractivity contribution < 1.29 is 33.8 Å². The zero-order chi connectivity index (χ0) is 34.5. The molecule has 3 N–H and O–H groups in total. The van der Waals surface area contributed by atoms with Gasteiger partial charge >= 0.3 is 12.1 Å². The molecule has 3 amide bonds. The number of amides is 3. The first-order chi connectivity index (χ1) is 21.6. The van der Waals surface area contributed by atoms with Crippen molar-refractivity contribution in [1.82, 2.24) is 15.5 Å². The fourth-order valence-corrected chi connectivity index (χ4v) is 5.15. The molecule has 0 heterocycles. The summed E-state index contributed by atoms with van der Waals surface area (Å²) in [6.45, 7) is 12.5. The number of esters is 1. The van der Waals surface area contributed by atoms with Crippen molar-refractivity contribution in [3.63, 3.8) is 0 Å². The van der Waals surface area contributed by atoms with Crippen molar-refractivity contribution in [3.8, 4) is 5.75 Å². The molecule has 0 aliphatic carbocycles. The maximum Gasteiger partial charge on any atom is 0.408 e. The van der Waals surface area contributed by atoms with Crippen LogP contribution in [0.15, 0.2) is 54.6 Å². The van der Waals surface area contributed by atoms with Crippen LogP contribution in [-0.2, 0) is 30.3 Å². The minimum Gasteiger partial charge on any atom is -0.508 e. The van der Waals surface area contributed by atoms with E-state index < -0.39 is 53.2 Å². The first-order valence-corrected chi connectivity index (χ1v) is 17.1. The number of carbonyl (C=O) groups excluding carboxylic acids is 4. The van der Waals surface area contributed by atoms with Gasteiger partial charge in [-0.05, 0) is 78.0 Å². The summed E-state index contributed by atoms with van der Waals surface area (Å²) in [5.74, 6) is -1.43. The molecule has 46 heavy (non-hydrogen) atoms. The van der Waals surface area contributed by atoms with E-state index in [0.29, 0.717) is 18.6 Å². The van der Waals surface area contributed by atoms with Crippen LogP contribution in [0.2, 0.25) is 0 Å².